The van der Waals surface area contributed by atoms with Crippen LogP contribution in [0.3, 0.4) is 0 Å². The molecular weight excluding hydrogens is 252 g/mol. The van der Waals surface area contributed by atoms with Gasteiger partial charge in [-0.15, -0.1) is 0 Å². The van der Waals surface area contributed by atoms with Crippen LogP contribution >= 0.6 is 0 Å². The number of amides is 1. The molecule has 1 atom stereocenters. The summed E-state index contributed by atoms with van der Waals surface area (Å²) in [7, 11) is 0. The van der Waals surface area contributed by atoms with Gasteiger partial charge < -0.3 is 16.2 Å². The summed E-state index contributed by atoms with van der Waals surface area (Å²) < 4.78 is 5.68. The van der Waals surface area contributed by atoms with Crippen molar-refractivity contribution >= 4 is 5.91 Å². The Morgan fingerprint density at radius 2 is 1.70 bits per heavy atom. The van der Waals surface area contributed by atoms with Crippen molar-refractivity contribution in [2.75, 3.05) is 0 Å². The Bertz CT molecular complexity index is 552. The first-order valence-electron chi connectivity index (χ1n) is 6.46. The Morgan fingerprint density at radius 1 is 1.05 bits per heavy atom. The van der Waals surface area contributed by atoms with E-state index in [4.69, 9.17) is 16.2 Å². The van der Waals surface area contributed by atoms with Gasteiger partial charge >= 0.3 is 0 Å². The zero-order valence-corrected chi connectivity index (χ0v) is 11.2. The largest absolute Gasteiger partial charge is 0.489 e. The number of primary amides is 1. The molecule has 0 aromatic heterocycles. The van der Waals surface area contributed by atoms with Crippen LogP contribution in [0.2, 0.25) is 0 Å². The molecule has 2 aromatic carbocycles. The lowest BCUT2D eigenvalue weighted by Gasteiger charge is -2.11. The van der Waals surface area contributed by atoms with Gasteiger partial charge in [-0.05, 0) is 23.3 Å². The highest BCUT2D eigenvalue weighted by Crippen LogP contribution is 2.19. The average Bonchev–Trinajstić information content (AvgIpc) is 2.46. The molecule has 4 heteroatoms. The monoisotopic (exact) mass is 270 g/mol. The van der Waals surface area contributed by atoms with Crippen molar-refractivity contribution in [2.24, 2.45) is 11.5 Å². The van der Waals surface area contributed by atoms with Crippen molar-refractivity contribution in [3.63, 3.8) is 0 Å². The van der Waals surface area contributed by atoms with Crippen LogP contribution in [0.5, 0.6) is 5.75 Å². The fourth-order valence-corrected chi connectivity index (χ4v) is 1.89. The maximum Gasteiger partial charge on any atom is 0.219 e. The Balaban J connectivity index is 1.93. The van der Waals surface area contributed by atoms with Crippen LogP contribution < -0.4 is 16.2 Å². The zero-order valence-electron chi connectivity index (χ0n) is 11.2. The van der Waals surface area contributed by atoms with Crippen molar-refractivity contribution < 1.29 is 9.53 Å². The van der Waals surface area contributed by atoms with Crippen molar-refractivity contribution in [2.45, 2.75) is 19.1 Å². The minimum Gasteiger partial charge on any atom is -0.489 e. The van der Waals surface area contributed by atoms with E-state index in [1.807, 2.05) is 54.6 Å². The van der Waals surface area contributed by atoms with Crippen LogP contribution in [0.25, 0.3) is 0 Å². The third-order valence-corrected chi connectivity index (χ3v) is 2.98. The molecule has 0 aliphatic heterocycles. The van der Waals surface area contributed by atoms with Crippen molar-refractivity contribution in [3.05, 3.63) is 65.7 Å². The summed E-state index contributed by atoms with van der Waals surface area (Å²) in [6.07, 6.45) is 0.143. The van der Waals surface area contributed by atoms with Crippen LogP contribution in [0.15, 0.2) is 54.6 Å². The number of hydrogen-bond acceptors (Lipinski definition) is 3. The Kier molecular flexibility index (Phi) is 4.74. The number of ether oxygens (including phenoxy) is 1. The molecular formula is C16H18N2O2. The van der Waals surface area contributed by atoms with Gasteiger partial charge in [-0.25, -0.2) is 0 Å². The predicted molar refractivity (Wildman–Crippen MR) is 78.0 cm³/mol. The SMILES string of the molecule is NC(=O)CC(N)c1ccc(OCc2ccccc2)cc1. The number of nitrogens with two attached hydrogens (primary N) is 2. The second-order valence-electron chi connectivity index (χ2n) is 4.62. The first kappa shape index (κ1) is 14.1. The molecule has 4 nitrogen and oxygen atoms in total. The smallest absolute Gasteiger partial charge is 0.219 e. The van der Waals surface area contributed by atoms with Crippen molar-refractivity contribution in [3.8, 4) is 5.75 Å². The van der Waals surface area contributed by atoms with Gasteiger partial charge in [-0.2, -0.15) is 0 Å². The topological polar surface area (TPSA) is 78.3 Å². The second-order valence-corrected chi connectivity index (χ2v) is 4.62. The van der Waals surface area contributed by atoms with E-state index in [1.54, 1.807) is 0 Å². The van der Waals surface area contributed by atoms with E-state index >= 15 is 0 Å². The summed E-state index contributed by atoms with van der Waals surface area (Å²) in [6, 6.07) is 17.0. The molecule has 4 N–H and O–H groups in total. The molecule has 0 bridgehead atoms. The Labute approximate surface area is 118 Å². The molecule has 0 saturated carbocycles. The number of benzene rings is 2. The predicted octanol–water partition coefficient (Wildman–Crippen LogP) is 2.14. The van der Waals surface area contributed by atoms with E-state index in [9.17, 15) is 4.79 Å². The summed E-state index contributed by atoms with van der Waals surface area (Å²) in [6.45, 7) is 0.521. The quantitative estimate of drug-likeness (QED) is 0.844. The van der Waals surface area contributed by atoms with E-state index in [1.165, 1.54) is 0 Å². The fourth-order valence-electron chi connectivity index (χ4n) is 1.89. The molecule has 0 saturated heterocycles. The Morgan fingerprint density at radius 3 is 2.30 bits per heavy atom. The zero-order chi connectivity index (χ0) is 14.4. The van der Waals surface area contributed by atoms with E-state index in [2.05, 4.69) is 0 Å². The van der Waals surface area contributed by atoms with Gasteiger partial charge in [0.05, 0.1) is 0 Å². The number of carbonyl (C=O) groups excluding carboxylic acids is 1. The summed E-state index contributed by atoms with van der Waals surface area (Å²) in [5, 5.41) is 0. The van der Waals surface area contributed by atoms with E-state index in [0.29, 0.717) is 6.61 Å². The van der Waals surface area contributed by atoms with Gasteiger partial charge in [0.2, 0.25) is 5.91 Å². The minimum absolute atomic E-state index is 0.143. The van der Waals surface area contributed by atoms with Crippen LogP contribution in [-0.2, 0) is 11.4 Å². The number of rotatable bonds is 6. The molecule has 2 rings (SSSR count). The third-order valence-electron chi connectivity index (χ3n) is 2.98. The third kappa shape index (κ3) is 4.10. The molecule has 0 fully saturated rings. The number of carbonyl (C=O) groups is 1. The van der Waals surface area contributed by atoms with Crippen molar-refractivity contribution in [1.82, 2.24) is 0 Å². The maximum absolute atomic E-state index is 10.8. The molecule has 104 valence electrons. The molecule has 0 heterocycles. The summed E-state index contributed by atoms with van der Waals surface area (Å²) in [4.78, 5) is 10.8. The van der Waals surface area contributed by atoms with Gasteiger partial charge in [0, 0.05) is 12.5 Å². The van der Waals surface area contributed by atoms with E-state index in [-0.39, 0.29) is 12.5 Å². The van der Waals surface area contributed by atoms with Gasteiger partial charge in [0.25, 0.3) is 0 Å². The lowest BCUT2D eigenvalue weighted by atomic mass is 10.0. The first-order chi connectivity index (χ1) is 9.65. The average molecular weight is 270 g/mol. The van der Waals surface area contributed by atoms with Crippen LogP contribution in [-0.4, -0.2) is 5.91 Å². The Hall–Kier alpha value is -2.33. The first-order valence-corrected chi connectivity index (χ1v) is 6.46. The fraction of sp³-hybridized carbons (Fsp3) is 0.188. The summed E-state index contributed by atoms with van der Waals surface area (Å²) in [5.41, 5.74) is 13.0. The van der Waals surface area contributed by atoms with E-state index < -0.39 is 5.91 Å². The summed E-state index contributed by atoms with van der Waals surface area (Å²) >= 11 is 0. The molecule has 20 heavy (non-hydrogen) atoms. The molecule has 0 aliphatic carbocycles. The second kappa shape index (κ2) is 6.73. The van der Waals surface area contributed by atoms with Crippen LogP contribution in [0.4, 0.5) is 0 Å². The van der Waals surface area contributed by atoms with Gasteiger partial charge in [-0.1, -0.05) is 42.5 Å². The van der Waals surface area contributed by atoms with Crippen molar-refractivity contribution in [1.29, 1.82) is 0 Å². The lowest BCUT2D eigenvalue weighted by Crippen LogP contribution is -2.20. The normalized spacial score (nSPS) is 11.8. The lowest BCUT2D eigenvalue weighted by molar-refractivity contribution is -0.118. The highest BCUT2D eigenvalue weighted by atomic mass is 16.5. The van der Waals surface area contributed by atoms with Crippen LogP contribution in [0.1, 0.15) is 23.6 Å². The maximum atomic E-state index is 10.8. The minimum atomic E-state index is -0.401. The standard InChI is InChI=1S/C16H18N2O2/c17-15(10-16(18)19)13-6-8-14(9-7-13)20-11-12-4-2-1-3-5-12/h1-9,15H,10-11,17H2,(H2,18,19). The molecule has 1 amide bonds. The van der Waals surface area contributed by atoms with E-state index in [0.717, 1.165) is 16.9 Å². The molecule has 1 unspecified atom stereocenters. The molecule has 0 aliphatic rings. The van der Waals surface area contributed by atoms with Gasteiger partial charge in [0.1, 0.15) is 12.4 Å². The molecule has 2 aromatic rings. The number of hydrogen-bond donors (Lipinski definition) is 2. The summed E-state index contributed by atoms with van der Waals surface area (Å²) in [5.74, 6) is 0.366. The van der Waals surface area contributed by atoms with Gasteiger partial charge in [-0.3, -0.25) is 4.79 Å². The highest BCUT2D eigenvalue weighted by molar-refractivity contribution is 5.74. The highest BCUT2D eigenvalue weighted by Gasteiger charge is 2.09. The van der Waals surface area contributed by atoms with Gasteiger partial charge in [0.15, 0.2) is 0 Å². The molecule has 0 spiro atoms. The molecule has 0 radical (unpaired) electrons. The van der Waals surface area contributed by atoms with Crippen LogP contribution in [0, 0.1) is 0 Å².